The van der Waals surface area contributed by atoms with Gasteiger partial charge in [-0.1, -0.05) is 16.9 Å². The second-order valence-electron chi connectivity index (χ2n) is 8.21. The summed E-state index contributed by atoms with van der Waals surface area (Å²) in [5.41, 5.74) is 12.5. The number of nitrogen functional groups attached to an aromatic ring is 1. The van der Waals surface area contributed by atoms with Crippen LogP contribution in [-0.2, 0) is 24.0 Å². The fraction of sp³-hybridized carbons (Fsp3) is 0.381. The molecule has 2 atom stereocenters. The summed E-state index contributed by atoms with van der Waals surface area (Å²) in [6.07, 6.45) is 0.518. The first-order chi connectivity index (χ1) is 18.7. The number of hydrogen-bond donors (Lipinski definition) is 5. The minimum atomic E-state index is -1.25. The van der Waals surface area contributed by atoms with Crippen molar-refractivity contribution in [2.75, 3.05) is 37.4 Å². The molecule has 3 aliphatic heterocycles. The van der Waals surface area contributed by atoms with E-state index < -0.39 is 29.2 Å². The zero-order chi connectivity index (χ0) is 28.3. The van der Waals surface area contributed by atoms with Gasteiger partial charge in [-0.3, -0.25) is 19.3 Å². The topological polar surface area (TPSA) is 218 Å². The van der Waals surface area contributed by atoms with Gasteiger partial charge in [0.25, 0.3) is 11.8 Å². The minimum absolute atomic E-state index is 0.122. The van der Waals surface area contributed by atoms with Crippen LogP contribution in [0.15, 0.2) is 38.3 Å². The molecule has 0 spiro atoms. The van der Waals surface area contributed by atoms with Gasteiger partial charge in [-0.2, -0.15) is 0 Å². The normalized spacial score (nSPS) is 21.2. The van der Waals surface area contributed by atoms with Gasteiger partial charge in [-0.15, -0.1) is 23.1 Å². The largest absolute Gasteiger partial charge is 0.477 e. The number of thiazole rings is 1. The molecule has 1 saturated heterocycles. The molecular formula is C21H25N9O6S3. The number of carbonyl (C=O) groups excluding carboxylic acids is 3. The van der Waals surface area contributed by atoms with E-state index in [-0.39, 0.29) is 40.4 Å². The van der Waals surface area contributed by atoms with Gasteiger partial charge in [0, 0.05) is 23.9 Å². The molecule has 0 radical (unpaired) electrons. The number of likely N-dealkylation sites (N-methyl/N-ethyl adjacent to an activating group) is 1. The Morgan fingerprint density at radius 1 is 1.41 bits per heavy atom. The van der Waals surface area contributed by atoms with E-state index in [2.05, 4.69) is 25.8 Å². The Labute approximate surface area is 234 Å². The third-order valence-electron chi connectivity index (χ3n) is 5.66. The quantitative estimate of drug-likeness (QED) is 0.0963. The molecule has 18 heteroatoms. The summed E-state index contributed by atoms with van der Waals surface area (Å²) < 4.78 is 0. The van der Waals surface area contributed by atoms with Crippen molar-refractivity contribution in [1.82, 2.24) is 25.4 Å². The number of carboxylic acids is 1. The summed E-state index contributed by atoms with van der Waals surface area (Å²) in [7, 11) is 1.76. The van der Waals surface area contributed by atoms with Crippen molar-refractivity contribution in [1.29, 1.82) is 0 Å². The molecule has 0 aromatic carbocycles. The smallest absolute Gasteiger partial charge is 0.352 e. The molecule has 1 fully saturated rings. The first-order valence-electron chi connectivity index (χ1n) is 11.4. The van der Waals surface area contributed by atoms with E-state index in [9.17, 15) is 24.3 Å². The molecule has 1 aromatic heterocycles. The molecule has 15 nitrogen and oxygen atoms in total. The molecular weight excluding hydrogens is 570 g/mol. The summed E-state index contributed by atoms with van der Waals surface area (Å²) in [6, 6.07) is -0.962. The number of carbonyl (C=O) groups is 4. The van der Waals surface area contributed by atoms with Crippen LogP contribution < -0.4 is 22.1 Å². The second-order valence-corrected chi connectivity index (χ2v) is 11.1. The lowest BCUT2D eigenvalue weighted by atomic mass is 10.0. The number of fused-ring (bicyclic) bond motifs is 1. The van der Waals surface area contributed by atoms with Crippen LogP contribution >= 0.6 is 34.9 Å². The van der Waals surface area contributed by atoms with Gasteiger partial charge in [0.2, 0.25) is 6.41 Å². The van der Waals surface area contributed by atoms with Crippen molar-refractivity contribution in [3.63, 3.8) is 0 Å². The van der Waals surface area contributed by atoms with Gasteiger partial charge in [0.1, 0.15) is 35.2 Å². The molecule has 0 bridgehead atoms. The third-order valence-corrected chi connectivity index (χ3v) is 8.82. The monoisotopic (exact) mass is 595 g/mol. The highest BCUT2D eigenvalue weighted by Crippen LogP contribution is 2.41. The first kappa shape index (κ1) is 28.2. The number of oxime groups is 1. The highest BCUT2D eigenvalue weighted by Gasteiger charge is 2.54. The highest BCUT2D eigenvalue weighted by molar-refractivity contribution is 8.14. The summed E-state index contributed by atoms with van der Waals surface area (Å²) in [5, 5.41) is 20.6. The van der Waals surface area contributed by atoms with E-state index in [0.717, 1.165) is 11.3 Å². The van der Waals surface area contributed by atoms with Crippen molar-refractivity contribution in [3.8, 4) is 0 Å². The minimum Gasteiger partial charge on any atom is -0.477 e. The van der Waals surface area contributed by atoms with Gasteiger partial charge >= 0.3 is 5.97 Å². The number of carboxylic acid groups (broad SMARTS) is 1. The van der Waals surface area contributed by atoms with Gasteiger partial charge in [0.05, 0.1) is 12.2 Å². The van der Waals surface area contributed by atoms with Gasteiger partial charge in [-0.05, 0) is 12.5 Å². The zero-order valence-corrected chi connectivity index (χ0v) is 23.2. The predicted octanol–water partition coefficient (Wildman–Crippen LogP) is -0.887. The first-order valence-corrected chi connectivity index (χ1v) is 14.3. The van der Waals surface area contributed by atoms with Crippen molar-refractivity contribution < 1.29 is 29.1 Å². The zero-order valence-electron chi connectivity index (χ0n) is 20.7. The van der Waals surface area contributed by atoms with Crippen LogP contribution in [0.3, 0.4) is 0 Å². The maximum atomic E-state index is 13.1. The van der Waals surface area contributed by atoms with Crippen LogP contribution in [0.4, 0.5) is 5.13 Å². The van der Waals surface area contributed by atoms with Crippen LogP contribution in [0, 0.1) is 0 Å². The summed E-state index contributed by atoms with van der Waals surface area (Å²) >= 11 is 3.72. The number of amides is 3. The van der Waals surface area contributed by atoms with Crippen LogP contribution in [0.1, 0.15) is 12.6 Å². The number of nitrogens with zero attached hydrogens (tertiary/aromatic N) is 5. The molecule has 1 aromatic rings. The highest BCUT2D eigenvalue weighted by atomic mass is 32.2. The number of aliphatic carboxylic acids is 1. The van der Waals surface area contributed by atoms with Crippen LogP contribution in [0.2, 0.25) is 0 Å². The summed E-state index contributed by atoms with van der Waals surface area (Å²) in [5.74, 6) is -1.78. The molecule has 0 aliphatic carbocycles. The Balaban J connectivity index is 1.48. The van der Waals surface area contributed by atoms with E-state index >= 15 is 0 Å². The van der Waals surface area contributed by atoms with E-state index in [1.165, 1.54) is 28.4 Å². The molecule has 0 saturated carbocycles. The number of rotatable bonds is 10. The number of nitrogens with two attached hydrogens (primary N) is 2. The van der Waals surface area contributed by atoms with Gasteiger partial charge in [0.15, 0.2) is 16.0 Å². The Kier molecular flexibility index (Phi) is 8.66. The summed E-state index contributed by atoms with van der Waals surface area (Å²) in [6.45, 7) is 2.23. The Morgan fingerprint density at radius 3 is 2.82 bits per heavy atom. The van der Waals surface area contributed by atoms with Gasteiger partial charge in [-0.25, -0.2) is 14.8 Å². The Morgan fingerprint density at radius 2 is 2.18 bits per heavy atom. The number of aliphatic imine (C=N–C) groups is 1. The van der Waals surface area contributed by atoms with Crippen LogP contribution in [-0.4, -0.2) is 98.1 Å². The lowest BCUT2D eigenvalue weighted by Crippen LogP contribution is -2.71. The molecule has 39 heavy (non-hydrogen) atoms. The van der Waals surface area contributed by atoms with Gasteiger partial charge < -0.3 is 36.9 Å². The number of aromatic nitrogens is 1. The van der Waals surface area contributed by atoms with Crippen molar-refractivity contribution in [3.05, 3.63) is 33.9 Å². The van der Waals surface area contributed by atoms with Crippen molar-refractivity contribution in [2.45, 2.75) is 18.3 Å². The average Bonchev–Trinajstić information content (AvgIpc) is 3.33. The average molecular weight is 596 g/mol. The van der Waals surface area contributed by atoms with Crippen LogP contribution in [0.25, 0.3) is 0 Å². The maximum absolute atomic E-state index is 13.1. The Hall–Kier alpha value is -3.77. The van der Waals surface area contributed by atoms with Crippen molar-refractivity contribution in [2.24, 2.45) is 15.9 Å². The van der Waals surface area contributed by atoms with Crippen molar-refractivity contribution >= 4 is 75.1 Å². The lowest BCUT2D eigenvalue weighted by Gasteiger charge is -2.49. The SMILES string of the molecule is CCO/N=C(\C(=O)NC1C(=O)N2C(C(=O)O)=C(CSC3=NC(N)=C(NC=O)CN3C)CS[C@@H]12)c1csc(N)n1. The molecule has 4 heterocycles. The number of thioether (sulfide) groups is 2. The van der Waals surface area contributed by atoms with E-state index in [0.29, 0.717) is 35.1 Å². The van der Waals surface area contributed by atoms with E-state index in [4.69, 9.17) is 16.3 Å². The second kappa shape index (κ2) is 12.0. The number of amidine groups is 1. The fourth-order valence-electron chi connectivity index (χ4n) is 3.86. The molecule has 3 aliphatic rings. The fourth-order valence-corrected chi connectivity index (χ4v) is 6.87. The number of hydrogen-bond acceptors (Lipinski definition) is 14. The Bertz CT molecular complexity index is 1320. The van der Waals surface area contributed by atoms with Crippen LogP contribution in [0.5, 0.6) is 0 Å². The molecule has 1 unspecified atom stereocenters. The number of anilines is 1. The lowest BCUT2D eigenvalue weighted by molar-refractivity contribution is -0.150. The number of β-lactam (4-membered cyclic amide) rings is 1. The third kappa shape index (κ3) is 5.81. The number of nitrogens with one attached hydrogen (secondary N) is 2. The molecule has 7 N–H and O–H groups in total. The predicted molar refractivity (Wildman–Crippen MR) is 147 cm³/mol. The standard InChI is InChI=1S/C21H25N9O6S3/c1-3-36-28-12(11-7-38-20(23)25-11)16(32)26-13-17(33)30-14(19(34)35)9(5-37-18(13)30)6-39-21-27-15(22)10(24-8-31)4-29(21)2/h7-8,13,18H,3-6,22H2,1-2H3,(H2,23,25)(H,24,31)(H,26,32)(H,34,35)/b28-12-/t13?,18-/m0/s1. The molecule has 4 rings (SSSR count). The molecule has 208 valence electrons. The summed E-state index contributed by atoms with van der Waals surface area (Å²) in [4.78, 5) is 65.3. The molecule has 3 amide bonds. The van der Waals surface area contributed by atoms with E-state index in [1.807, 2.05) is 0 Å². The van der Waals surface area contributed by atoms with E-state index in [1.54, 1.807) is 24.3 Å². The maximum Gasteiger partial charge on any atom is 0.352 e.